The van der Waals surface area contributed by atoms with E-state index in [-0.39, 0.29) is 0 Å². The fourth-order valence-electron chi connectivity index (χ4n) is 2.79. The van der Waals surface area contributed by atoms with E-state index in [0.29, 0.717) is 10.8 Å². The molecule has 1 aromatic carbocycles. The van der Waals surface area contributed by atoms with Crippen LogP contribution in [0.2, 0.25) is 5.02 Å². The first-order chi connectivity index (χ1) is 10.3. The Morgan fingerprint density at radius 3 is 2.81 bits per heavy atom. The van der Waals surface area contributed by atoms with Gasteiger partial charge in [-0.2, -0.15) is 0 Å². The molecule has 0 amide bonds. The Morgan fingerprint density at radius 1 is 1.19 bits per heavy atom. The molecule has 0 bridgehead atoms. The molecule has 0 spiro atoms. The van der Waals surface area contributed by atoms with E-state index >= 15 is 0 Å². The lowest BCUT2D eigenvalue weighted by Gasteiger charge is -2.20. The third-order valence-corrected chi connectivity index (χ3v) is 4.22. The minimum Gasteiger partial charge on any atom is -0.308 e. The molecule has 4 nitrogen and oxygen atoms in total. The molecule has 110 valence electrons. The summed E-state index contributed by atoms with van der Waals surface area (Å²) in [5.41, 5.74) is 6.30. The maximum absolute atomic E-state index is 6.26. The van der Waals surface area contributed by atoms with E-state index < -0.39 is 0 Å². The fraction of sp³-hybridized carbons (Fsp3) is 0.312. The first kappa shape index (κ1) is 14.3. The van der Waals surface area contributed by atoms with Crippen molar-refractivity contribution in [3.8, 4) is 0 Å². The highest BCUT2D eigenvalue weighted by atomic mass is 35.5. The predicted octanol–water partition coefficient (Wildman–Crippen LogP) is 2.97. The lowest BCUT2D eigenvalue weighted by Crippen LogP contribution is -2.24. The number of halogens is 1. The van der Waals surface area contributed by atoms with Gasteiger partial charge in [-0.05, 0) is 42.6 Å². The van der Waals surface area contributed by atoms with Crippen LogP contribution >= 0.6 is 11.6 Å². The van der Waals surface area contributed by atoms with Gasteiger partial charge in [0.2, 0.25) is 0 Å². The van der Waals surface area contributed by atoms with E-state index in [9.17, 15) is 0 Å². The lowest BCUT2D eigenvalue weighted by atomic mass is 10.0. The minimum atomic E-state index is 0.643. The van der Waals surface area contributed by atoms with Crippen LogP contribution in [0.3, 0.4) is 0 Å². The Balaban J connectivity index is 1.79. The molecule has 0 aliphatic carbocycles. The van der Waals surface area contributed by atoms with Crippen molar-refractivity contribution in [3.63, 3.8) is 0 Å². The normalized spacial score (nSPS) is 15.3. The van der Waals surface area contributed by atoms with Crippen molar-refractivity contribution in [2.75, 3.05) is 12.0 Å². The molecule has 3 N–H and O–H groups in total. The van der Waals surface area contributed by atoms with Crippen LogP contribution in [-0.4, -0.2) is 16.4 Å². The van der Waals surface area contributed by atoms with E-state index in [4.69, 9.17) is 17.4 Å². The Labute approximate surface area is 129 Å². The monoisotopic (exact) mass is 302 g/mol. The van der Waals surface area contributed by atoms with Gasteiger partial charge in [0.05, 0.1) is 10.7 Å². The fourth-order valence-corrected chi connectivity index (χ4v) is 2.96. The Morgan fingerprint density at radius 2 is 2.00 bits per heavy atom. The van der Waals surface area contributed by atoms with Gasteiger partial charge in [0.15, 0.2) is 0 Å². The number of benzene rings is 1. The molecule has 0 unspecified atom stereocenters. The average molecular weight is 303 g/mol. The summed E-state index contributed by atoms with van der Waals surface area (Å²) in [7, 11) is 0. The first-order valence-corrected chi connectivity index (χ1v) is 7.55. The molecule has 5 heteroatoms. The molecule has 1 aliphatic rings. The summed E-state index contributed by atoms with van der Waals surface area (Å²) >= 11 is 6.26. The topological polar surface area (TPSA) is 54.2 Å². The summed E-state index contributed by atoms with van der Waals surface area (Å²) < 4.78 is 0. The van der Waals surface area contributed by atoms with Gasteiger partial charge < -0.3 is 5.43 Å². The van der Waals surface area contributed by atoms with Crippen molar-refractivity contribution in [2.24, 2.45) is 5.84 Å². The number of aromatic nitrogens is 1. The van der Waals surface area contributed by atoms with Gasteiger partial charge >= 0.3 is 0 Å². The Bertz CT molecular complexity index is 629. The quantitative estimate of drug-likeness (QED) is 0.676. The number of nitrogens with two attached hydrogens (primary N) is 1. The standard InChI is InChI=1S/C16H19ClN4/c17-14-7-8-16(20-18)19-15(14)11-21-9-3-6-12-4-1-2-5-13(12)10-21/h1-2,4-5,7-8H,3,6,9-11,18H2,(H,19,20). The minimum absolute atomic E-state index is 0.643. The highest BCUT2D eigenvalue weighted by Gasteiger charge is 2.16. The van der Waals surface area contributed by atoms with Crippen LogP contribution in [-0.2, 0) is 19.5 Å². The lowest BCUT2D eigenvalue weighted by molar-refractivity contribution is 0.258. The number of hydrazine groups is 1. The Kier molecular flexibility index (Phi) is 4.39. The van der Waals surface area contributed by atoms with E-state index in [2.05, 4.69) is 39.6 Å². The molecule has 2 heterocycles. The number of pyridine rings is 1. The summed E-state index contributed by atoms with van der Waals surface area (Å²) in [4.78, 5) is 6.85. The van der Waals surface area contributed by atoms with Crippen LogP contribution in [0.1, 0.15) is 23.2 Å². The highest BCUT2D eigenvalue weighted by molar-refractivity contribution is 6.31. The van der Waals surface area contributed by atoms with E-state index in [1.165, 1.54) is 11.1 Å². The number of nitrogens with one attached hydrogen (secondary N) is 1. The van der Waals surface area contributed by atoms with Gasteiger partial charge in [-0.3, -0.25) is 4.90 Å². The molecule has 3 rings (SSSR count). The number of hydrogen-bond acceptors (Lipinski definition) is 4. The summed E-state index contributed by atoms with van der Waals surface area (Å²) in [5.74, 6) is 6.06. The number of hydrogen-bond donors (Lipinski definition) is 2. The van der Waals surface area contributed by atoms with Crippen molar-refractivity contribution in [1.82, 2.24) is 9.88 Å². The van der Waals surface area contributed by atoms with Crippen LogP contribution in [0.25, 0.3) is 0 Å². The third-order valence-electron chi connectivity index (χ3n) is 3.87. The number of fused-ring (bicyclic) bond motifs is 1. The van der Waals surface area contributed by atoms with E-state index in [0.717, 1.165) is 38.2 Å². The number of aryl methyl sites for hydroxylation is 1. The van der Waals surface area contributed by atoms with Crippen LogP contribution < -0.4 is 11.3 Å². The third kappa shape index (κ3) is 3.35. The summed E-state index contributed by atoms with van der Waals surface area (Å²) in [6, 6.07) is 12.3. The van der Waals surface area contributed by atoms with Crippen LogP contribution in [0.5, 0.6) is 0 Å². The largest absolute Gasteiger partial charge is 0.308 e. The molecule has 2 aromatic rings. The zero-order chi connectivity index (χ0) is 14.7. The predicted molar refractivity (Wildman–Crippen MR) is 85.9 cm³/mol. The number of anilines is 1. The summed E-state index contributed by atoms with van der Waals surface area (Å²) in [5, 5.41) is 0.687. The van der Waals surface area contributed by atoms with Crippen molar-refractivity contribution < 1.29 is 0 Å². The Hall–Kier alpha value is -1.62. The zero-order valence-corrected chi connectivity index (χ0v) is 12.6. The summed E-state index contributed by atoms with van der Waals surface area (Å²) in [6.45, 7) is 2.73. The number of nitrogens with zero attached hydrogens (tertiary/aromatic N) is 2. The van der Waals surface area contributed by atoms with Crippen molar-refractivity contribution >= 4 is 17.4 Å². The molecule has 0 atom stereocenters. The summed E-state index contributed by atoms with van der Waals surface area (Å²) in [6.07, 6.45) is 2.29. The molecule has 0 radical (unpaired) electrons. The second-order valence-corrected chi connectivity index (χ2v) is 5.76. The second kappa shape index (κ2) is 6.43. The van der Waals surface area contributed by atoms with Gasteiger partial charge in [-0.15, -0.1) is 0 Å². The number of nitrogen functional groups attached to an aromatic ring is 1. The van der Waals surface area contributed by atoms with Crippen molar-refractivity contribution in [1.29, 1.82) is 0 Å². The van der Waals surface area contributed by atoms with E-state index in [1.54, 1.807) is 6.07 Å². The first-order valence-electron chi connectivity index (χ1n) is 7.17. The smallest absolute Gasteiger partial charge is 0.140 e. The van der Waals surface area contributed by atoms with Crippen LogP contribution in [0.15, 0.2) is 36.4 Å². The number of rotatable bonds is 3. The van der Waals surface area contributed by atoms with Crippen molar-refractivity contribution in [3.05, 3.63) is 58.2 Å². The van der Waals surface area contributed by atoms with Crippen LogP contribution in [0.4, 0.5) is 5.82 Å². The molecule has 0 fully saturated rings. The molecule has 21 heavy (non-hydrogen) atoms. The van der Waals surface area contributed by atoms with Gasteiger partial charge in [-0.1, -0.05) is 35.9 Å². The highest BCUT2D eigenvalue weighted by Crippen LogP contribution is 2.22. The van der Waals surface area contributed by atoms with Gasteiger partial charge in [0.1, 0.15) is 5.82 Å². The molecular weight excluding hydrogens is 284 g/mol. The van der Waals surface area contributed by atoms with Gasteiger partial charge in [0.25, 0.3) is 0 Å². The van der Waals surface area contributed by atoms with Crippen LogP contribution in [0, 0.1) is 0 Å². The molecule has 1 aliphatic heterocycles. The van der Waals surface area contributed by atoms with Gasteiger partial charge in [0, 0.05) is 13.1 Å². The maximum Gasteiger partial charge on any atom is 0.140 e. The maximum atomic E-state index is 6.26. The molecule has 0 saturated carbocycles. The average Bonchev–Trinajstić information content (AvgIpc) is 2.71. The second-order valence-electron chi connectivity index (χ2n) is 5.35. The van der Waals surface area contributed by atoms with Gasteiger partial charge in [-0.25, -0.2) is 10.8 Å². The molecule has 0 saturated heterocycles. The SMILES string of the molecule is NNc1ccc(Cl)c(CN2CCCc3ccccc3C2)n1. The van der Waals surface area contributed by atoms with E-state index in [1.807, 2.05) is 6.07 Å². The van der Waals surface area contributed by atoms with Crippen molar-refractivity contribution in [2.45, 2.75) is 25.9 Å². The molecule has 1 aromatic heterocycles. The molecular formula is C16H19ClN4. The zero-order valence-electron chi connectivity index (χ0n) is 11.8.